The van der Waals surface area contributed by atoms with Crippen LogP contribution >= 0.6 is 0 Å². The van der Waals surface area contributed by atoms with Gasteiger partial charge in [0.05, 0.1) is 24.0 Å². The smallest absolute Gasteiger partial charge is 0.317 e. The maximum Gasteiger partial charge on any atom is 0.317 e. The van der Waals surface area contributed by atoms with Gasteiger partial charge in [-0.1, -0.05) is 12.1 Å². The van der Waals surface area contributed by atoms with Gasteiger partial charge in [-0.2, -0.15) is 0 Å². The van der Waals surface area contributed by atoms with Crippen LogP contribution in [0.4, 0.5) is 0 Å². The lowest BCUT2D eigenvalue weighted by Crippen LogP contribution is -2.52. The summed E-state index contributed by atoms with van der Waals surface area (Å²) in [5, 5.41) is 8.78. The average Bonchev–Trinajstić information content (AvgIpc) is 3.35. The summed E-state index contributed by atoms with van der Waals surface area (Å²) in [7, 11) is 2.04. The highest BCUT2D eigenvalue weighted by Crippen LogP contribution is 2.45. The van der Waals surface area contributed by atoms with E-state index in [1.165, 1.54) is 0 Å². The van der Waals surface area contributed by atoms with Crippen molar-refractivity contribution in [2.45, 2.75) is 37.9 Å². The number of aliphatic carboxylic acids is 1. The van der Waals surface area contributed by atoms with Crippen LogP contribution in [0.1, 0.15) is 24.8 Å². The number of esters is 1. The van der Waals surface area contributed by atoms with Crippen molar-refractivity contribution in [3.05, 3.63) is 29.8 Å². The van der Waals surface area contributed by atoms with E-state index in [4.69, 9.17) is 14.6 Å². The van der Waals surface area contributed by atoms with E-state index in [0.717, 1.165) is 31.5 Å². The van der Waals surface area contributed by atoms with Crippen LogP contribution in [-0.4, -0.2) is 78.2 Å². The van der Waals surface area contributed by atoms with Crippen LogP contribution in [0.5, 0.6) is 5.75 Å². The van der Waals surface area contributed by atoms with Gasteiger partial charge in [-0.25, -0.2) is 0 Å². The lowest BCUT2D eigenvalue weighted by Gasteiger charge is -2.36. The maximum absolute atomic E-state index is 13.2. The molecule has 0 radical (unpaired) electrons. The maximum atomic E-state index is 13.2. The molecule has 2 unspecified atom stereocenters. The van der Waals surface area contributed by atoms with Gasteiger partial charge in [-0.15, -0.1) is 0 Å². The van der Waals surface area contributed by atoms with Gasteiger partial charge in [0.15, 0.2) is 0 Å². The minimum Gasteiger partial charge on any atom is -0.481 e. The molecule has 2 bridgehead atoms. The van der Waals surface area contributed by atoms with Gasteiger partial charge in [0.2, 0.25) is 5.91 Å². The van der Waals surface area contributed by atoms with Gasteiger partial charge in [-0.3, -0.25) is 14.4 Å². The molecule has 3 aliphatic heterocycles. The van der Waals surface area contributed by atoms with Crippen LogP contribution < -0.4 is 4.74 Å². The first kappa shape index (κ1) is 20.8. The molecule has 8 nitrogen and oxygen atoms in total. The molecule has 1 aromatic rings. The second kappa shape index (κ2) is 8.73. The number of carboxylic acid groups (broad SMARTS) is 1. The molecule has 1 amide bonds. The van der Waals surface area contributed by atoms with Gasteiger partial charge in [0.1, 0.15) is 5.75 Å². The highest BCUT2D eigenvalue weighted by molar-refractivity contribution is 5.88. The third kappa shape index (κ3) is 4.34. The summed E-state index contributed by atoms with van der Waals surface area (Å²) >= 11 is 0. The number of hydrogen-bond acceptors (Lipinski definition) is 6. The summed E-state index contributed by atoms with van der Waals surface area (Å²) in [6.45, 7) is 3.00. The third-order valence-electron chi connectivity index (χ3n) is 6.41. The zero-order valence-corrected chi connectivity index (χ0v) is 17.2. The van der Waals surface area contributed by atoms with Gasteiger partial charge in [0, 0.05) is 32.6 Å². The molecule has 3 heterocycles. The summed E-state index contributed by atoms with van der Waals surface area (Å²) in [6.07, 6.45) is 1.57. The quantitative estimate of drug-likeness (QED) is 0.549. The fourth-order valence-electron chi connectivity index (χ4n) is 4.69. The molecule has 4 atom stereocenters. The van der Waals surface area contributed by atoms with Crippen LogP contribution in [-0.2, 0) is 25.5 Å². The SMILES string of the molecule is CN1CCN(C(=O)C2C(C(=O)Oc3ccc(CCC(=O)O)cc3)[C@H]3CC[C@@H]2O3)CC1. The molecule has 3 saturated heterocycles. The Morgan fingerprint density at radius 3 is 2.30 bits per heavy atom. The van der Waals surface area contributed by atoms with Gasteiger partial charge in [0.25, 0.3) is 0 Å². The summed E-state index contributed by atoms with van der Waals surface area (Å²) in [5.41, 5.74) is 0.864. The Morgan fingerprint density at radius 1 is 1.03 bits per heavy atom. The topological polar surface area (TPSA) is 96.4 Å². The first-order valence-corrected chi connectivity index (χ1v) is 10.6. The Balaban J connectivity index is 1.41. The fraction of sp³-hybridized carbons (Fsp3) is 0.591. The second-order valence-corrected chi connectivity index (χ2v) is 8.43. The molecular formula is C22H28N2O6. The number of hydrogen-bond donors (Lipinski definition) is 1. The highest BCUT2D eigenvalue weighted by atomic mass is 16.5. The van der Waals surface area contributed by atoms with Crippen molar-refractivity contribution in [3.8, 4) is 5.75 Å². The first-order valence-electron chi connectivity index (χ1n) is 10.6. The largest absolute Gasteiger partial charge is 0.481 e. The fourth-order valence-corrected chi connectivity index (χ4v) is 4.69. The van der Waals surface area contributed by atoms with Gasteiger partial charge in [-0.05, 0) is 44.0 Å². The van der Waals surface area contributed by atoms with Crippen molar-refractivity contribution < 1.29 is 29.0 Å². The number of piperazine rings is 1. The summed E-state index contributed by atoms with van der Waals surface area (Å²) in [5.74, 6) is -1.93. The number of likely N-dealkylation sites (N-methyl/N-ethyl adjacent to an activating group) is 1. The van der Waals surface area contributed by atoms with Gasteiger partial charge >= 0.3 is 11.9 Å². The zero-order valence-electron chi connectivity index (χ0n) is 17.2. The molecule has 4 rings (SSSR count). The lowest BCUT2D eigenvalue weighted by atomic mass is 9.78. The van der Waals surface area contributed by atoms with Crippen LogP contribution in [0.2, 0.25) is 0 Å². The third-order valence-corrected chi connectivity index (χ3v) is 6.41. The monoisotopic (exact) mass is 416 g/mol. The Morgan fingerprint density at radius 2 is 1.67 bits per heavy atom. The molecule has 1 aromatic carbocycles. The molecule has 30 heavy (non-hydrogen) atoms. The summed E-state index contributed by atoms with van der Waals surface area (Å²) in [6, 6.07) is 6.85. The molecule has 3 aliphatic rings. The lowest BCUT2D eigenvalue weighted by molar-refractivity contribution is -0.149. The van der Waals surface area contributed by atoms with Crippen LogP contribution in [0.15, 0.2) is 24.3 Å². The minimum absolute atomic E-state index is 0.00117. The van der Waals surface area contributed by atoms with Crippen molar-refractivity contribution in [1.29, 1.82) is 0 Å². The summed E-state index contributed by atoms with van der Waals surface area (Å²) < 4.78 is 11.6. The molecule has 8 heteroatoms. The number of benzene rings is 1. The number of amides is 1. The number of carboxylic acids is 1. The molecule has 0 spiro atoms. The average molecular weight is 416 g/mol. The van der Waals surface area contributed by atoms with Crippen LogP contribution in [0.3, 0.4) is 0 Å². The molecule has 0 aromatic heterocycles. The van der Waals surface area contributed by atoms with Crippen molar-refractivity contribution in [3.63, 3.8) is 0 Å². The number of carbonyl (C=O) groups is 3. The highest BCUT2D eigenvalue weighted by Gasteiger charge is 2.57. The molecule has 0 saturated carbocycles. The molecule has 162 valence electrons. The summed E-state index contributed by atoms with van der Waals surface area (Å²) in [4.78, 5) is 40.9. The molecule has 3 fully saturated rings. The van der Waals surface area contributed by atoms with Crippen molar-refractivity contribution >= 4 is 17.8 Å². The molecule has 1 N–H and O–H groups in total. The van der Waals surface area contributed by atoms with E-state index in [1.54, 1.807) is 24.3 Å². The zero-order chi connectivity index (χ0) is 21.3. The number of ether oxygens (including phenoxy) is 2. The molecular weight excluding hydrogens is 388 g/mol. The van der Waals surface area contributed by atoms with Crippen LogP contribution in [0.25, 0.3) is 0 Å². The number of rotatable bonds is 6. The number of aryl methyl sites for hydroxylation is 1. The number of nitrogens with zero attached hydrogens (tertiary/aromatic N) is 2. The number of fused-ring (bicyclic) bond motifs is 2. The predicted molar refractivity (Wildman–Crippen MR) is 107 cm³/mol. The Hall–Kier alpha value is -2.45. The van der Waals surface area contributed by atoms with Crippen molar-refractivity contribution in [1.82, 2.24) is 9.80 Å². The predicted octanol–water partition coefficient (Wildman–Crippen LogP) is 1.18. The van der Waals surface area contributed by atoms with E-state index in [9.17, 15) is 14.4 Å². The normalized spacial score (nSPS) is 28.5. The Bertz CT molecular complexity index is 802. The Kier molecular flexibility index (Phi) is 6.06. The van der Waals surface area contributed by atoms with Gasteiger partial charge < -0.3 is 24.4 Å². The number of carbonyl (C=O) groups excluding carboxylic acids is 2. The van der Waals surface area contributed by atoms with E-state index in [2.05, 4.69) is 4.90 Å². The Labute approximate surface area is 175 Å². The standard InChI is InChI=1S/C22H28N2O6/c1-23-10-12-24(13-11-23)21(27)19-16-7-8-17(30-16)20(19)22(28)29-15-5-2-14(3-6-15)4-9-18(25)26/h2-3,5-6,16-17,19-20H,4,7-13H2,1H3,(H,25,26)/t16-,17+,19?,20?/m0/s1. The van der Waals surface area contributed by atoms with E-state index in [0.29, 0.717) is 25.3 Å². The van der Waals surface area contributed by atoms with E-state index in [1.807, 2.05) is 11.9 Å². The first-order chi connectivity index (χ1) is 14.4. The van der Waals surface area contributed by atoms with Crippen molar-refractivity contribution in [2.24, 2.45) is 11.8 Å². The minimum atomic E-state index is -0.849. The van der Waals surface area contributed by atoms with Crippen LogP contribution in [0, 0.1) is 11.8 Å². The second-order valence-electron chi connectivity index (χ2n) is 8.43. The van der Waals surface area contributed by atoms with E-state index < -0.39 is 23.8 Å². The molecule has 0 aliphatic carbocycles. The van der Waals surface area contributed by atoms with Crippen molar-refractivity contribution in [2.75, 3.05) is 33.2 Å². The van der Waals surface area contributed by atoms with E-state index in [-0.39, 0.29) is 24.5 Å². The van der Waals surface area contributed by atoms with E-state index >= 15 is 0 Å².